The summed E-state index contributed by atoms with van der Waals surface area (Å²) in [6.45, 7) is 2.42. The molecule has 1 aliphatic rings. The highest BCUT2D eigenvalue weighted by Gasteiger charge is 2.22. The molecular weight excluding hydrogens is 384 g/mol. The zero-order chi connectivity index (χ0) is 17.8. The molecule has 3 rings (SSSR count). The highest BCUT2D eigenvalue weighted by Crippen LogP contribution is 2.26. The maximum absolute atomic E-state index is 12.3. The van der Waals surface area contributed by atoms with Crippen LogP contribution in [0.5, 0.6) is 5.75 Å². The van der Waals surface area contributed by atoms with E-state index in [-0.39, 0.29) is 11.8 Å². The van der Waals surface area contributed by atoms with Crippen molar-refractivity contribution in [2.45, 2.75) is 25.9 Å². The molecule has 1 heterocycles. The van der Waals surface area contributed by atoms with Gasteiger partial charge >= 0.3 is 0 Å². The molecule has 0 radical (unpaired) electrons. The van der Waals surface area contributed by atoms with Gasteiger partial charge < -0.3 is 15.0 Å². The number of nitrogens with zero attached hydrogens (tertiary/aromatic N) is 1. The predicted molar refractivity (Wildman–Crippen MR) is 101 cm³/mol. The minimum absolute atomic E-state index is 0.123. The Kier molecular flexibility index (Phi) is 5.38. The quantitative estimate of drug-likeness (QED) is 0.822. The molecule has 1 atom stereocenters. The first-order chi connectivity index (χ1) is 12.0. The second kappa shape index (κ2) is 7.70. The normalized spacial score (nSPS) is 15.1. The summed E-state index contributed by atoms with van der Waals surface area (Å²) in [7, 11) is 0. The summed E-state index contributed by atoms with van der Waals surface area (Å²) < 4.78 is 6.70. The van der Waals surface area contributed by atoms with E-state index in [1.165, 1.54) is 0 Å². The molecule has 0 aromatic heterocycles. The first-order valence-corrected chi connectivity index (χ1v) is 8.96. The number of hydrogen-bond acceptors (Lipinski definition) is 3. The first-order valence-electron chi connectivity index (χ1n) is 8.16. The Labute approximate surface area is 155 Å². The monoisotopic (exact) mass is 402 g/mol. The van der Waals surface area contributed by atoms with Crippen LogP contribution in [0, 0.1) is 0 Å². The molecule has 0 aliphatic carbocycles. The SMILES string of the molecule is C[C@H](Oc1cccc(N2CCCC2=O)c1)C(=O)Nc1ccc(Br)cc1. The Morgan fingerprint density at radius 1 is 1.24 bits per heavy atom. The van der Waals surface area contributed by atoms with Crippen LogP contribution in [0.4, 0.5) is 11.4 Å². The largest absolute Gasteiger partial charge is 0.481 e. The van der Waals surface area contributed by atoms with Crippen LogP contribution in [0.15, 0.2) is 53.0 Å². The van der Waals surface area contributed by atoms with Gasteiger partial charge in [-0.1, -0.05) is 22.0 Å². The van der Waals surface area contributed by atoms with Crippen molar-refractivity contribution in [2.24, 2.45) is 0 Å². The molecule has 0 saturated carbocycles. The van der Waals surface area contributed by atoms with Crippen molar-refractivity contribution in [3.05, 3.63) is 53.0 Å². The lowest BCUT2D eigenvalue weighted by atomic mass is 10.2. The minimum atomic E-state index is -0.659. The number of anilines is 2. The van der Waals surface area contributed by atoms with Crippen molar-refractivity contribution in [1.82, 2.24) is 0 Å². The van der Waals surface area contributed by atoms with Gasteiger partial charge in [-0.15, -0.1) is 0 Å². The summed E-state index contributed by atoms with van der Waals surface area (Å²) in [5.74, 6) is 0.457. The number of benzene rings is 2. The van der Waals surface area contributed by atoms with E-state index in [1.54, 1.807) is 24.0 Å². The fourth-order valence-corrected chi connectivity index (χ4v) is 2.94. The van der Waals surface area contributed by atoms with Crippen LogP contribution in [0.2, 0.25) is 0 Å². The lowest BCUT2D eigenvalue weighted by Gasteiger charge is -2.19. The molecule has 1 aliphatic heterocycles. The van der Waals surface area contributed by atoms with Crippen LogP contribution >= 0.6 is 15.9 Å². The van der Waals surface area contributed by atoms with Crippen LogP contribution in [0.1, 0.15) is 19.8 Å². The van der Waals surface area contributed by atoms with Crippen molar-refractivity contribution in [1.29, 1.82) is 0 Å². The number of nitrogens with one attached hydrogen (secondary N) is 1. The third kappa shape index (κ3) is 4.39. The van der Waals surface area contributed by atoms with Gasteiger partial charge in [-0.05, 0) is 49.7 Å². The molecule has 0 unspecified atom stereocenters. The molecule has 130 valence electrons. The lowest BCUT2D eigenvalue weighted by Crippen LogP contribution is -2.30. The van der Waals surface area contributed by atoms with Gasteiger partial charge in [0.1, 0.15) is 5.75 Å². The predicted octanol–water partition coefficient (Wildman–Crippen LogP) is 3.98. The first kappa shape index (κ1) is 17.5. The zero-order valence-electron chi connectivity index (χ0n) is 13.9. The minimum Gasteiger partial charge on any atom is -0.481 e. The maximum atomic E-state index is 12.3. The zero-order valence-corrected chi connectivity index (χ0v) is 15.5. The van der Waals surface area contributed by atoms with Crippen molar-refractivity contribution < 1.29 is 14.3 Å². The molecular formula is C19H19BrN2O3. The summed E-state index contributed by atoms with van der Waals surface area (Å²) in [6, 6.07) is 14.6. The van der Waals surface area contributed by atoms with Crippen LogP contribution in [-0.2, 0) is 9.59 Å². The van der Waals surface area contributed by atoms with E-state index in [0.29, 0.717) is 17.9 Å². The second-order valence-corrected chi connectivity index (χ2v) is 6.82. The molecule has 2 aromatic rings. The standard InChI is InChI=1S/C19H19BrN2O3/c1-13(19(24)21-15-9-7-14(20)8-10-15)25-17-5-2-4-16(12-17)22-11-3-6-18(22)23/h2,4-5,7-10,12-13H,3,6,11H2,1H3,(H,21,24)/t13-/m0/s1. The van der Waals surface area contributed by atoms with Gasteiger partial charge in [0.2, 0.25) is 5.91 Å². The number of rotatable bonds is 5. The molecule has 6 heteroatoms. The van der Waals surface area contributed by atoms with Gasteiger partial charge in [0.15, 0.2) is 6.10 Å². The van der Waals surface area contributed by atoms with E-state index < -0.39 is 6.10 Å². The molecule has 2 amide bonds. The maximum Gasteiger partial charge on any atom is 0.265 e. The topological polar surface area (TPSA) is 58.6 Å². The van der Waals surface area contributed by atoms with Gasteiger partial charge in [-0.2, -0.15) is 0 Å². The van der Waals surface area contributed by atoms with E-state index in [2.05, 4.69) is 21.2 Å². The summed E-state index contributed by atoms with van der Waals surface area (Å²) in [5.41, 5.74) is 1.51. The number of carbonyl (C=O) groups is 2. The molecule has 1 saturated heterocycles. The van der Waals surface area contributed by atoms with Crippen molar-refractivity contribution in [3.8, 4) is 5.75 Å². The lowest BCUT2D eigenvalue weighted by molar-refractivity contribution is -0.122. The van der Waals surface area contributed by atoms with Crippen LogP contribution in [-0.4, -0.2) is 24.5 Å². The summed E-state index contributed by atoms with van der Waals surface area (Å²) in [6.07, 6.45) is 0.792. The van der Waals surface area contributed by atoms with Crippen molar-refractivity contribution in [2.75, 3.05) is 16.8 Å². The molecule has 0 bridgehead atoms. The molecule has 0 spiro atoms. The Morgan fingerprint density at radius 2 is 2.00 bits per heavy atom. The van der Waals surface area contributed by atoms with Crippen LogP contribution < -0.4 is 15.0 Å². The summed E-state index contributed by atoms with van der Waals surface area (Å²) in [5, 5.41) is 2.82. The molecule has 2 aromatic carbocycles. The highest BCUT2D eigenvalue weighted by molar-refractivity contribution is 9.10. The Morgan fingerprint density at radius 3 is 2.68 bits per heavy atom. The number of halogens is 1. The number of amides is 2. The third-order valence-electron chi connectivity index (χ3n) is 4.00. The summed E-state index contributed by atoms with van der Waals surface area (Å²) >= 11 is 3.36. The van der Waals surface area contributed by atoms with E-state index in [4.69, 9.17) is 4.74 Å². The number of carbonyl (C=O) groups excluding carboxylic acids is 2. The van der Waals surface area contributed by atoms with Crippen molar-refractivity contribution >= 4 is 39.1 Å². The Balaban J connectivity index is 1.64. The van der Waals surface area contributed by atoms with Crippen LogP contribution in [0.3, 0.4) is 0 Å². The average Bonchev–Trinajstić information content (AvgIpc) is 3.03. The molecule has 5 nitrogen and oxygen atoms in total. The van der Waals surface area contributed by atoms with E-state index in [0.717, 1.165) is 23.1 Å². The molecule has 1 fully saturated rings. The number of hydrogen-bond donors (Lipinski definition) is 1. The van der Waals surface area contributed by atoms with E-state index in [1.807, 2.05) is 36.4 Å². The highest BCUT2D eigenvalue weighted by atomic mass is 79.9. The average molecular weight is 403 g/mol. The summed E-state index contributed by atoms with van der Waals surface area (Å²) in [4.78, 5) is 25.9. The van der Waals surface area contributed by atoms with E-state index >= 15 is 0 Å². The second-order valence-electron chi connectivity index (χ2n) is 5.90. The van der Waals surface area contributed by atoms with Gasteiger partial charge in [-0.25, -0.2) is 0 Å². The van der Waals surface area contributed by atoms with Gasteiger partial charge in [0.05, 0.1) is 0 Å². The van der Waals surface area contributed by atoms with E-state index in [9.17, 15) is 9.59 Å². The number of ether oxygens (including phenoxy) is 1. The fraction of sp³-hybridized carbons (Fsp3) is 0.263. The van der Waals surface area contributed by atoms with Crippen molar-refractivity contribution in [3.63, 3.8) is 0 Å². The smallest absolute Gasteiger partial charge is 0.265 e. The Bertz CT molecular complexity index is 776. The van der Waals surface area contributed by atoms with Gasteiger partial charge in [0, 0.05) is 34.9 Å². The van der Waals surface area contributed by atoms with Gasteiger partial charge in [-0.3, -0.25) is 9.59 Å². The molecule has 25 heavy (non-hydrogen) atoms. The van der Waals surface area contributed by atoms with Crippen LogP contribution in [0.25, 0.3) is 0 Å². The molecule has 1 N–H and O–H groups in total. The fourth-order valence-electron chi connectivity index (χ4n) is 2.68. The van der Waals surface area contributed by atoms with Gasteiger partial charge in [0.25, 0.3) is 5.91 Å². The Hall–Kier alpha value is -2.34. The third-order valence-corrected chi connectivity index (χ3v) is 4.53.